The molecule has 3 spiro atoms. The Balaban J connectivity index is 1.70. The van der Waals surface area contributed by atoms with Gasteiger partial charge < -0.3 is 15.3 Å². The van der Waals surface area contributed by atoms with Gasteiger partial charge in [-0.3, -0.25) is 9.59 Å². The number of hydrogen-bond acceptors (Lipinski definition) is 3. The number of carbonyl (C=O) groups excluding carboxylic acids is 1. The number of nitrogens with zero attached hydrogens (tertiary/aromatic N) is 1. The molecule has 6 aliphatic rings. The summed E-state index contributed by atoms with van der Waals surface area (Å²) in [5.41, 5.74) is 1.32. The minimum absolute atomic E-state index is 0.0195. The number of aliphatic carboxylic acids is 1. The number of benzene rings is 1. The van der Waals surface area contributed by atoms with Gasteiger partial charge in [-0.15, -0.1) is 0 Å². The highest BCUT2D eigenvalue weighted by Gasteiger charge is 2.80. The predicted molar refractivity (Wildman–Crippen MR) is 91.2 cm³/mol. The molecule has 0 unspecified atom stereocenters. The first-order valence-electron chi connectivity index (χ1n) is 9.44. The Labute approximate surface area is 146 Å². The largest absolute Gasteiger partial charge is 0.481 e. The van der Waals surface area contributed by atoms with Gasteiger partial charge >= 0.3 is 5.97 Å². The number of para-hydroxylation sites is 1. The number of carbonyl (C=O) groups is 2. The first kappa shape index (κ1) is 14.2. The van der Waals surface area contributed by atoms with Crippen molar-refractivity contribution in [3.8, 4) is 0 Å². The Kier molecular flexibility index (Phi) is 2.28. The number of rotatable bonds is 1. The number of anilines is 1. The van der Waals surface area contributed by atoms with Crippen molar-refractivity contribution >= 4 is 17.6 Å². The maximum absolute atomic E-state index is 13.0. The van der Waals surface area contributed by atoms with Crippen LogP contribution in [0, 0.1) is 11.3 Å². The number of hydrogen-bond donors (Lipinski definition) is 2. The van der Waals surface area contributed by atoms with E-state index in [-0.39, 0.29) is 22.8 Å². The minimum Gasteiger partial charge on any atom is -0.481 e. The summed E-state index contributed by atoms with van der Waals surface area (Å²) >= 11 is 0. The van der Waals surface area contributed by atoms with Crippen molar-refractivity contribution in [2.24, 2.45) is 11.3 Å². The van der Waals surface area contributed by atoms with E-state index in [2.05, 4.69) is 22.3 Å². The molecule has 2 N–H and O–H groups in total. The molecular formula is C20H22N2O3. The molecule has 0 radical (unpaired) electrons. The van der Waals surface area contributed by atoms with Gasteiger partial charge in [0.15, 0.2) is 0 Å². The number of amides is 1. The molecule has 3 heterocycles. The van der Waals surface area contributed by atoms with Gasteiger partial charge in [0.2, 0.25) is 5.91 Å². The van der Waals surface area contributed by atoms with Gasteiger partial charge in [0.05, 0.1) is 16.9 Å². The fourth-order valence-corrected chi connectivity index (χ4v) is 7.67. The summed E-state index contributed by atoms with van der Waals surface area (Å²) in [4.78, 5) is 27.5. The van der Waals surface area contributed by atoms with Crippen molar-refractivity contribution in [3.05, 3.63) is 29.8 Å². The van der Waals surface area contributed by atoms with Crippen molar-refractivity contribution in [2.45, 2.75) is 55.5 Å². The predicted octanol–water partition coefficient (Wildman–Crippen LogP) is 2.37. The second kappa shape index (κ2) is 4.02. The Morgan fingerprint density at radius 2 is 2.08 bits per heavy atom. The third-order valence-electron chi connectivity index (χ3n) is 8.26. The number of nitrogens with one attached hydrogen (secondary N) is 1. The molecule has 25 heavy (non-hydrogen) atoms. The average Bonchev–Trinajstić information content (AvgIpc) is 3.08. The van der Waals surface area contributed by atoms with Gasteiger partial charge in [0.1, 0.15) is 0 Å². The van der Waals surface area contributed by atoms with Gasteiger partial charge in [-0.2, -0.15) is 0 Å². The van der Waals surface area contributed by atoms with E-state index < -0.39 is 17.4 Å². The van der Waals surface area contributed by atoms with E-state index in [0.717, 1.165) is 37.9 Å². The molecule has 7 rings (SSSR count). The molecule has 3 aliphatic heterocycles. The summed E-state index contributed by atoms with van der Waals surface area (Å²) in [6.45, 7) is 0.836. The lowest BCUT2D eigenvalue weighted by atomic mass is 9.39. The third kappa shape index (κ3) is 1.27. The van der Waals surface area contributed by atoms with E-state index in [1.807, 2.05) is 12.1 Å². The van der Waals surface area contributed by atoms with Crippen LogP contribution in [0.4, 0.5) is 5.69 Å². The van der Waals surface area contributed by atoms with Crippen molar-refractivity contribution in [3.63, 3.8) is 0 Å². The second-order valence-electron chi connectivity index (χ2n) is 8.84. The molecule has 1 amide bonds. The van der Waals surface area contributed by atoms with Gasteiger partial charge in [-0.1, -0.05) is 18.2 Å². The van der Waals surface area contributed by atoms with Crippen molar-refractivity contribution in [1.29, 1.82) is 0 Å². The SMILES string of the molecule is O=C(O)[C@@H]1C[C@@]23CCCN4C(=O)C[C@@]5(c6ccccc6N[C@]15CC2)[C@@H]43. The molecule has 5 fully saturated rings. The third-order valence-corrected chi connectivity index (χ3v) is 8.26. The zero-order valence-corrected chi connectivity index (χ0v) is 14.1. The molecule has 0 aromatic heterocycles. The molecule has 3 saturated carbocycles. The van der Waals surface area contributed by atoms with Crippen molar-refractivity contribution in [1.82, 2.24) is 4.90 Å². The molecule has 5 atom stereocenters. The normalized spacial score (nSPS) is 45.6. The van der Waals surface area contributed by atoms with Crippen molar-refractivity contribution in [2.75, 3.05) is 11.9 Å². The number of piperidine rings is 1. The maximum atomic E-state index is 13.0. The Hall–Kier alpha value is -2.04. The summed E-state index contributed by atoms with van der Waals surface area (Å²) in [7, 11) is 0. The van der Waals surface area contributed by atoms with Gasteiger partial charge in [0.25, 0.3) is 0 Å². The zero-order valence-electron chi connectivity index (χ0n) is 14.1. The topological polar surface area (TPSA) is 69.6 Å². The van der Waals surface area contributed by atoms with E-state index in [0.29, 0.717) is 12.8 Å². The highest BCUT2D eigenvalue weighted by molar-refractivity contribution is 5.89. The lowest BCUT2D eigenvalue weighted by Crippen LogP contribution is -2.76. The highest BCUT2D eigenvalue weighted by atomic mass is 16.4. The van der Waals surface area contributed by atoms with E-state index in [1.54, 1.807) is 0 Å². The van der Waals surface area contributed by atoms with Crippen LogP contribution in [0.25, 0.3) is 0 Å². The number of carboxylic acids is 1. The van der Waals surface area contributed by atoms with Crippen LogP contribution in [0.1, 0.15) is 44.1 Å². The Morgan fingerprint density at radius 3 is 2.92 bits per heavy atom. The molecule has 1 aromatic rings. The summed E-state index contributed by atoms with van der Waals surface area (Å²) in [5.74, 6) is -0.894. The van der Waals surface area contributed by atoms with Crippen LogP contribution in [-0.4, -0.2) is 40.0 Å². The van der Waals surface area contributed by atoms with Crippen LogP contribution in [0.2, 0.25) is 0 Å². The average molecular weight is 338 g/mol. The van der Waals surface area contributed by atoms with Crippen LogP contribution < -0.4 is 5.32 Å². The van der Waals surface area contributed by atoms with E-state index in [4.69, 9.17) is 0 Å². The quantitative estimate of drug-likeness (QED) is 0.825. The highest BCUT2D eigenvalue weighted by Crippen LogP contribution is 2.74. The lowest BCUT2D eigenvalue weighted by Gasteiger charge is -2.68. The number of carboxylic acid groups (broad SMARTS) is 1. The monoisotopic (exact) mass is 338 g/mol. The van der Waals surface area contributed by atoms with Crippen LogP contribution in [0.15, 0.2) is 24.3 Å². The van der Waals surface area contributed by atoms with Gasteiger partial charge in [-0.05, 0) is 49.1 Å². The van der Waals surface area contributed by atoms with Gasteiger partial charge in [0, 0.05) is 24.7 Å². The second-order valence-corrected chi connectivity index (χ2v) is 8.84. The fraction of sp³-hybridized carbons (Fsp3) is 0.600. The smallest absolute Gasteiger partial charge is 0.308 e. The number of fused-ring (bicyclic) bond motifs is 3. The summed E-state index contributed by atoms with van der Waals surface area (Å²) < 4.78 is 0. The van der Waals surface area contributed by atoms with E-state index in [9.17, 15) is 14.7 Å². The minimum atomic E-state index is -0.700. The van der Waals surface area contributed by atoms with Crippen LogP contribution in [0.3, 0.4) is 0 Å². The molecule has 130 valence electrons. The lowest BCUT2D eigenvalue weighted by molar-refractivity contribution is -0.169. The first-order valence-corrected chi connectivity index (χ1v) is 9.44. The van der Waals surface area contributed by atoms with E-state index >= 15 is 0 Å². The van der Waals surface area contributed by atoms with Gasteiger partial charge in [-0.25, -0.2) is 0 Å². The fourth-order valence-electron chi connectivity index (χ4n) is 7.67. The zero-order chi connectivity index (χ0) is 17.0. The molecule has 2 bridgehead atoms. The summed E-state index contributed by atoms with van der Waals surface area (Å²) in [6.07, 6.45) is 5.13. The van der Waals surface area contributed by atoms with E-state index in [1.165, 1.54) is 5.56 Å². The molecule has 2 saturated heterocycles. The standard InChI is InChI=1S/C20H22N2O3/c23-15-11-19-12-4-1-2-5-14(12)21-20(19)8-7-18(10-13(20)16(24)25)6-3-9-22(15)17(18)19/h1-2,4-5,13,17,21H,3,6-11H2,(H,24,25)/t13-,17-,18+,19+,20+/m0/s1. The molecule has 5 nitrogen and oxygen atoms in total. The summed E-state index contributed by atoms with van der Waals surface area (Å²) in [6, 6.07) is 8.41. The van der Waals surface area contributed by atoms with Crippen LogP contribution >= 0.6 is 0 Å². The Morgan fingerprint density at radius 1 is 1.24 bits per heavy atom. The van der Waals surface area contributed by atoms with Crippen LogP contribution in [0.5, 0.6) is 0 Å². The molecule has 1 aromatic carbocycles. The molecular weight excluding hydrogens is 316 g/mol. The van der Waals surface area contributed by atoms with Crippen molar-refractivity contribution < 1.29 is 14.7 Å². The summed E-state index contributed by atoms with van der Waals surface area (Å²) in [5, 5.41) is 13.8. The first-order chi connectivity index (χ1) is 12.0. The maximum Gasteiger partial charge on any atom is 0.308 e. The molecule has 5 heteroatoms. The Bertz CT molecular complexity index is 838. The van der Waals surface area contributed by atoms with Crippen LogP contribution in [-0.2, 0) is 15.0 Å². The molecule has 3 aliphatic carbocycles.